The van der Waals surface area contributed by atoms with Crippen molar-refractivity contribution >= 4 is 20.9 Å². The van der Waals surface area contributed by atoms with Gasteiger partial charge in [0.2, 0.25) is 10.0 Å². The Labute approximate surface area is 172 Å². The molecule has 10 nitrogen and oxygen atoms in total. The number of hydrogen-bond acceptors (Lipinski definition) is 6. The first-order chi connectivity index (χ1) is 14.2. The summed E-state index contributed by atoms with van der Waals surface area (Å²) in [6.45, 7) is 5.28. The van der Waals surface area contributed by atoms with Crippen LogP contribution in [-0.4, -0.2) is 47.3 Å². The maximum atomic E-state index is 12.9. The first-order valence-corrected chi connectivity index (χ1v) is 11.5. The maximum Gasteiger partial charge on any atom is 0.348 e. The highest BCUT2D eigenvalue weighted by Gasteiger charge is 2.23. The molecule has 160 valence electrons. The summed E-state index contributed by atoms with van der Waals surface area (Å²) in [6.07, 6.45) is 3.43. The fraction of sp³-hybridized carbons (Fsp3) is 0.421. The van der Waals surface area contributed by atoms with Crippen LogP contribution in [0.5, 0.6) is 0 Å². The van der Waals surface area contributed by atoms with Crippen LogP contribution in [0.1, 0.15) is 37.8 Å². The first-order valence-electron chi connectivity index (χ1n) is 9.58. The lowest BCUT2D eigenvalue weighted by molar-refractivity contribution is 0.185. The van der Waals surface area contributed by atoms with E-state index in [0.29, 0.717) is 23.4 Å². The summed E-state index contributed by atoms with van der Waals surface area (Å²) in [4.78, 5) is 29.8. The Balaban J connectivity index is 1.98. The summed E-state index contributed by atoms with van der Waals surface area (Å²) in [6, 6.07) is 5.44. The van der Waals surface area contributed by atoms with Crippen LogP contribution in [0.4, 0.5) is 0 Å². The average Bonchev–Trinajstić information content (AvgIpc) is 3.34. The van der Waals surface area contributed by atoms with Gasteiger partial charge in [0.15, 0.2) is 0 Å². The van der Waals surface area contributed by atoms with E-state index in [0.717, 1.165) is 29.5 Å². The molecule has 0 radical (unpaired) electrons. The third-order valence-corrected chi connectivity index (χ3v) is 5.66. The van der Waals surface area contributed by atoms with Gasteiger partial charge < -0.3 is 9.72 Å². The lowest BCUT2D eigenvalue weighted by Crippen LogP contribution is -2.43. The standard InChI is InChI=1S/C19H23N5O5S/c1-11(2)13-9-16-15(18(25)24(19(26)21-16)22-30(3,27)28)8-14(13)17-4-6-20-23(17)12-5-7-29-10-12/h4,6,8-9,11-12,22H,5,7,10H2,1-3H3,(H,21,26)/t12-/m1/s1. The molecule has 0 amide bonds. The van der Waals surface area contributed by atoms with E-state index in [1.54, 1.807) is 18.3 Å². The highest BCUT2D eigenvalue weighted by molar-refractivity contribution is 7.91. The van der Waals surface area contributed by atoms with Gasteiger partial charge in [0, 0.05) is 18.4 Å². The van der Waals surface area contributed by atoms with Crippen molar-refractivity contribution in [3.8, 4) is 11.3 Å². The second-order valence-electron chi connectivity index (χ2n) is 7.75. The molecule has 0 spiro atoms. The van der Waals surface area contributed by atoms with Crippen molar-refractivity contribution in [3.63, 3.8) is 0 Å². The fourth-order valence-electron chi connectivity index (χ4n) is 3.76. The molecule has 4 rings (SSSR count). The number of fused-ring (bicyclic) bond motifs is 1. The Morgan fingerprint density at radius 3 is 2.70 bits per heavy atom. The normalized spacial score (nSPS) is 17.1. The second-order valence-corrected chi connectivity index (χ2v) is 9.48. The minimum absolute atomic E-state index is 0.102. The molecule has 3 heterocycles. The number of ether oxygens (including phenoxy) is 1. The van der Waals surface area contributed by atoms with Crippen molar-refractivity contribution in [3.05, 3.63) is 50.8 Å². The van der Waals surface area contributed by atoms with E-state index >= 15 is 0 Å². The number of rotatable bonds is 5. The third kappa shape index (κ3) is 3.65. The third-order valence-electron chi connectivity index (χ3n) is 5.14. The Morgan fingerprint density at radius 2 is 2.07 bits per heavy atom. The van der Waals surface area contributed by atoms with E-state index in [2.05, 4.69) is 10.1 Å². The van der Waals surface area contributed by atoms with Gasteiger partial charge in [-0.05, 0) is 36.1 Å². The van der Waals surface area contributed by atoms with E-state index in [-0.39, 0.29) is 17.3 Å². The molecule has 11 heteroatoms. The molecule has 1 atom stereocenters. The number of sulfonamides is 1. The van der Waals surface area contributed by atoms with E-state index in [1.165, 1.54) is 0 Å². The van der Waals surface area contributed by atoms with Crippen LogP contribution < -0.4 is 16.1 Å². The molecule has 0 bridgehead atoms. The zero-order valence-electron chi connectivity index (χ0n) is 16.9. The van der Waals surface area contributed by atoms with Crippen molar-refractivity contribution in [2.75, 3.05) is 24.3 Å². The summed E-state index contributed by atoms with van der Waals surface area (Å²) >= 11 is 0. The lowest BCUT2D eigenvalue weighted by atomic mass is 9.93. The first kappa shape index (κ1) is 20.4. The van der Waals surface area contributed by atoms with Crippen LogP contribution in [0.3, 0.4) is 0 Å². The quantitative estimate of drug-likeness (QED) is 0.621. The maximum absolute atomic E-state index is 12.9. The lowest BCUT2D eigenvalue weighted by Gasteiger charge is -2.18. The number of hydrogen-bond donors (Lipinski definition) is 2. The molecule has 1 saturated heterocycles. The van der Waals surface area contributed by atoms with Gasteiger partial charge in [-0.15, -0.1) is 0 Å². The Hall–Kier alpha value is -2.92. The Morgan fingerprint density at radius 1 is 1.30 bits per heavy atom. The number of nitrogens with one attached hydrogen (secondary N) is 2. The molecular formula is C19H23N5O5S. The van der Waals surface area contributed by atoms with Crippen molar-refractivity contribution in [1.29, 1.82) is 0 Å². The zero-order valence-corrected chi connectivity index (χ0v) is 17.7. The number of aromatic nitrogens is 4. The predicted octanol–water partition coefficient (Wildman–Crippen LogP) is 1.14. The topological polar surface area (TPSA) is 128 Å². The molecule has 0 saturated carbocycles. The minimum atomic E-state index is -3.82. The molecule has 1 aromatic carbocycles. The van der Waals surface area contributed by atoms with E-state index in [1.807, 2.05) is 29.4 Å². The highest BCUT2D eigenvalue weighted by Crippen LogP contribution is 2.34. The Kier molecular flexibility index (Phi) is 5.02. The summed E-state index contributed by atoms with van der Waals surface area (Å²) in [5, 5.41) is 4.66. The number of aromatic amines is 1. The summed E-state index contributed by atoms with van der Waals surface area (Å²) in [5.74, 6) is 0.104. The summed E-state index contributed by atoms with van der Waals surface area (Å²) in [7, 11) is -3.82. The van der Waals surface area contributed by atoms with Crippen LogP contribution in [-0.2, 0) is 14.8 Å². The number of benzene rings is 1. The SMILES string of the molecule is CC(C)c1cc2[nH]c(=O)n(NS(C)(=O)=O)c(=O)c2cc1-c1ccnn1[C@@H]1CCOC1. The van der Waals surface area contributed by atoms with Crippen molar-refractivity contribution in [2.24, 2.45) is 0 Å². The molecule has 0 aliphatic carbocycles. The average molecular weight is 433 g/mol. The van der Waals surface area contributed by atoms with Crippen LogP contribution in [0.2, 0.25) is 0 Å². The van der Waals surface area contributed by atoms with E-state index in [9.17, 15) is 18.0 Å². The molecular weight excluding hydrogens is 410 g/mol. The van der Waals surface area contributed by atoms with Gasteiger partial charge in [0.05, 0.1) is 35.5 Å². The monoisotopic (exact) mass is 433 g/mol. The van der Waals surface area contributed by atoms with E-state index < -0.39 is 21.3 Å². The van der Waals surface area contributed by atoms with Crippen LogP contribution >= 0.6 is 0 Å². The van der Waals surface area contributed by atoms with Crippen molar-refractivity contribution in [2.45, 2.75) is 32.2 Å². The second kappa shape index (κ2) is 7.40. The molecule has 2 N–H and O–H groups in total. The van der Waals surface area contributed by atoms with Gasteiger partial charge in [-0.25, -0.2) is 18.0 Å². The molecule has 3 aromatic rings. The van der Waals surface area contributed by atoms with Gasteiger partial charge in [0.25, 0.3) is 5.56 Å². The van der Waals surface area contributed by atoms with Gasteiger partial charge in [-0.1, -0.05) is 13.8 Å². The van der Waals surface area contributed by atoms with Gasteiger partial charge in [-0.2, -0.15) is 9.77 Å². The fourth-order valence-corrected chi connectivity index (χ4v) is 4.26. The van der Waals surface area contributed by atoms with Crippen LogP contribution in [0, 0.1) is 0 Å². The smallest absolute Gasteiger partial charge is 0.348 e. The molecule has 1 aliphatic rings. The Bertz CT molecular complexity index is 1330. The van der Waals surface area contributed by atoms with Gasteiger partial charge in [-0.3, -0.25) is 9.48 Å². The minimum Gasteiger partial charge on any atom is -0.379 e. The number of H-pyrrole nitrogens is 1. The molecule has 0 unspecified atom stereocenters. The van der Waals surface area contributed by atoms with Gasteiger partial charge in [0.1, 0.15) is 0 Å². The number of nitrogens with zero attached hydrogens (tertiary/aromatic N) is 3. The molecule has 1 aliphatic heterocycles. The molecule has 30 heavy (non-hydrogen) atoms. The van der Waals surface area contributed by atoms with E-state index in [4.69, 9.17) is 4.74 Å². The van der Waals surface area contributed by atoms with Gasteiger partial charge >= 0.3 is 5.69 Å². The van der Waals surface area contributed by atoms with Crippen molar-refractivity contribution < 1.29 is 13.2 Å². The zero-order chi connectivity index (χ0) is 21.6. The molecule has 1 fully saturated rings. The predicted molar refractivity (Wildman–Crippen MR) is 113 cm³/mol. The summed E-state index contributed by atoms with van der Waals surface area (Å²) in [5.41, 5.74) is 1.33. The van der Waals surface area contributed by atoms with Crippen LogP contribution in [0.25, 0.3) is 22.2 Å². The van der Waals surface area contributed by atoms with Crippen molar-refractivity contribution in [1.82, 2.24) is 19.4 Å². The molecule has 2 aromatic heterocycles. The van der Waals surface area contributed by atoms with Crippen LogP contribution in [0.15, 0.2) is 34.0 Å². The summed E-state index contributed by atoms with van der Waals surface area (Å²) < 4.78 is 31.0. The highest BCUT2D eigenvalue weighted by atomic mass is 32.2. The largest absolute Gasteiger partial charge is 0.379 e.